The van der Waals surface area contributed by atoms with Crippen LogP contribution >= 0.6 is 31.9 Å². The topological polar surface area (TPSA) is 93.9 Å². The minimum Gasteiger partial charge on any atom is -0.290 e. The lowest BCUT2D eigenvalue weighted by Crippen LogP contribution is -2.16. The predicted molar refractivity (Wildman–Crippen MR) is 108 cm³/mol. The summed E-state index contributed by atoms with van der Waals surface area (Å²) in [7, 11) is 0. The Kier molecular flexibility index (Phi) is 5.61. The zero-order valence-electron chi connectivity index (χ0n) is 13.2. The minimum absolute atomic E-state index is 0.0401. The number of aromatic amines is 1. The molecule has 0 atom stereocenters. The van der Waals surface area contributed by atoms with Gasteiger partial charge in [-0.2, -0.15) is 10.4 Å². The van der Waals surface area contributed by atoms with E-state index >= 15 is 0 Å². The number of nitriles is 1. The molecule has 1 aromatic heterocycles. The van der Waals surface area contributed by atoms with Crippen LogP contribution in [0, 0.1) is 11.3 Å². The Bertz CT molecular complexity index is 1050. The maximum absolute atomic E-state index is 12.2. The van der Waals surface area contributed by atoms with E-state index in [-0.39, 0.29) is 11.5 Å². The molecule has 0 unspecified atom stereocenters. The van der Waals surface area contributed by atoms with E-state index in [1.807, 2.05) is 42.5 Å². The van der Waals surface area contributed by atoms with Gasteiger partial charge in [0.25, 0.3) is 5.56 Å². The number of rotatable bonds is 4. The van der Waals surface area contributed by atoms with E-state index in [2.05, 4.69) is 52.4 Å². The lowest BCUT2D eigenvalue weighted by atomic mass is 10.1. The number of anilines is 1. The molecule has 0 aliphatic heterocycles. The van der Waals surface area contributed by atoms with E-state index in [1.165, 1.54) is 0 Å². The summed E-state index contributed by atoms with van der Waals surface area (Å²) in [5.41, 5.74) is 3.96. The molecule has 0 bridgehead atoms. The zero-order chi connectivity index (χ0) is 18.5. The van der Waals surface area contributed by atoms with E-state index in [4.69, 9.17) is 0 Å². The van der Waals surface area contributed by atoms with Crippen molar-refractivity contribution in [3.05, 3.63) is 79.0 Å². The van der Waals surface area contributed by atoms with Crippen LogP contribution < -0.4 is 11.0 Å². The minimum atomic E-state index is -0.524. The van der Waals surface area contributed by atoms with Crippen molar-refractivity contribution in [2.24, 2.45) is 5.10 Å². The Labute approximate surface area is 165 Å². The molecule has 6 nitrogen and oxygen atoms in total. The van der Waals surface area contributed by atoms with Gasteiger partial charge in [-0.1, -0.05) is 62.2 Å². The van der Waals surface area contributed by atoms with Crippen LogP contribution in [0.2, 0.25) is 0 Å². The van der Waals surface area contributed by atoms with Gasteiger partial charge in [-0.25, -0.2) is 10.4 Å². The number of halogens is 2. The van der Waals surface area contributed by atoms with Gasteiger partial charge < -0.3 is 0 Å². The first-order chi connectivity index (χ1) is 12.6. The first-order valence-electron chi connectivity index (χ1n) is 7.42. The van der Waals surface area contributed by atoms with Gasteiger partial charge in [0.2, 0.25) is 5.95 Å². The molecule has 0 saturated heterocycles. The molecule has 128 valence electrons. The lowest BCUT2D eigenvalue weighted by Gasteiger charge is -2.06. The number of aromatic nitrogens is 2. The summed E-state index contributed by atoms with van der Waals surface area (Å²) in [6, 6.07) is 16.6. The van der Waals surface area contributed by atoms with Crippen LogP contribution in [0.5, 0.6) is 0 Å². The van der Waals surface area contributed by atoms with Crippen molar-refractivity contribution < 1.29 is 0 Å². The van der Waals surface area contributed by atoms with Crippen molar-refractivity contribution >= 4 is 44.0 Å². The molecule has 2 aromatic carbocycles. The maximum Gasteiger partial charge on any atom is 0.270 e. The number of hydrazone groups is 1. The van der Waals surface area contributed by atoms with Gasteiger partial charge in [0.05, 0.1) is 11.9 Å². The van der Waals surface area contributed by atoms with Crippen molar-refractivity contribution in [3.8, 4) is 17.3 Å². The molecule has 0 fully saturated rings. The van der Waals surface area contributed by atoms with Gasteiger partial charge in [-0.3, -0.25) is 9.78 Å². The number of benzene rings is 2. The molecular weight excluding hydrogens is 462 g/mol. The highest BCUT2D eigenvalue weighted by molar-refractivity contribution is 9.11. The van der Waals surface area contributed by atoms with Gasteiger partial charge in [-0.05, 0) is 23.8 Å². The van der Waals surface area contributed by atoms with Gasteiger partial charge >= 0.3 is 0 Å². The third-order valence-electron chi connectivity index (χ3n) is 3.35. The third kappa shape index (κ3) is 4.25. The number of nitrogens with zero attached hydrogens (tertiary/aromatic N) is 3. The molecular formula is C18H11Br2N5O. The Balaban J connectivity index is 1.92. The van der Waals surface area contributed by atoms with E-state index in [0.717, 1.165) is 14.5 Å². The van der Waals surface area contributed by atoms with Crippen molar-refractivity contribution in [3.63, 3.8) is 0 Å². The predicted octanol–water partition coefficient (Wildman–Crippen LogP) is 4.28. The lowest BCUT2D eigenvalue weighted by molar-refractivity contribution is 1.08. The van der Waals surface area contributed by atoms with Crippen LogP contribution in [0.3, 0.4) is 0 Å². The monoisotopic (exact) mass is 471 g/mol. The second-order valence-electron chi connectivity index (χ2n) is 5.19. The van der Waals surface area contributed by atoms with Crippen molar-refractivity contribution in [1.29, 1.82) is 5.26 Å². The number of hydrogen-bond donors (Lipinski definition) is 2. The Morgan fingerprint density at radius 2 is 1.85 bits per heavy atom. The molecule has 2 N–H and O–H groups in total. The number of nitrogens with one attached hydrogen (secondary N) is 2. The van der Waals surface area contributed by atoms with Gasteiger partial charge in [-0.15, -0.1) is 0 Å². The van der Waals surface area contributed by atoms with Crippen LogP contribution in [-0.4, -0.2) is 16.2 Å². The normalized spacial score (nSPS) is 10.7. The van der Waals surface area contributed by atoms with Crippen molar-refractivity contribution in [2.75, 3.05) is 5.43 Å². The number of H-pyrrole nitrogens is 1. The van der Waals surface area contributed by atoms with Crippen molar-refractivity contribution in [1.82, 2.24) is 9.97 Å². The summed E-state index contributed by atoms with van der Waals surface area (Å²) in [6.45, 7) is 0. The zero-order valence-corrected chi connectivity index (χ0v) is 16.4. The molecule has 0 aliphatic rings. The smallest absolute Gasteiger partial charge is 0.270 e. The van der Waals surface area contributed by atoms with Crippen LogP contribution in [0.25, 0.3) is 11.3 Å². The summed E-state index contributed by atoms with van der Waals surface area (Å²) in [6.07, 6.45) is 1.59. The fraction of sp³-hybridized carbons (Fsp3) is 0. The third-order valence-corrected chi connectivity index (χ3v) is 4.26. The summed E-state index contributed by atoms with van der Waals surface area (Å²) in [4.78, 5) is 19.0. The average Bonchev–Trinajstić information content (AvgIpc) is 2.61. The Morgan fingerprint density at radius 1 is 1.15 bits per heavy atom. The highest BCUT2D eigenvalue weighted by Gasteiger charge is 2.12. The highest BCUT2D eigenvalue weighted by atomic mass is 79.9. The van der Waals surface area contributed by atoms with Crippen molar-refractivity contribution in [2.45, 2.75) is 0 Å². The molecule has 3 aromatic rings. The van der Waals surface area contributed by atoms with Crippen LogP contribution in [0.1, 0.15) is 11.1 Å². The molecule has 0 amide bonds. The first kappa shape index (κ1) is 18.0. The molecule has 0 spiro atoms. The van der Waals surface area contributed by atoms with E-state index in [9.17, 15) is 10.1 Å². The van der Waals surface area contributed by atoms with E-state index in [0.29, 0.717) is 11.3 Å². The van der Waals surface area contributed by atoms with Gasteiger partial charge in [0, 0.05) is 14.5 Å². The van der Waals surface area contributed by atoms with Gasteiger partial charge in [0.15, 0.2) is 0 Å². The van der Waals surface area contributed by atoms with E-state index < -0.39 is 5.56 Å². The molecule has 8 heteroatoms. The fourth-order valence-electron chi connectivity index (χ4n) is 2.25. The maximum atomic E-state index is 12.2. The van der Waals surface area contributed by atoms with Crippen LogP contribution in [0.15, 0.2) is 67.4 Å². The molecule has 0 aliphatic carbocycles. The second kappa shape index (κ2) is 8.08. The quantitative estimate of drug-likeness (QED) is 0.437. The first-order valence-corrected chi connectivity index (χ1v) is 9.00. The Hall–Kier alpha value is -2.76. The molecule has 0 saturated carbocycles. The largest absolute Gasteiger partial charge is 0.290 e. The van der Waals surface area contributed by atoms with Crippen LogP contribution in [-0.2, 0) is 0 Å². The molecule has 1 heterocycles. The average molecular weight is 473 g/mol. The summed E-state index contributed by atoms with van der Waals surface area (Å²) < 4.78 is 1.81. The van der Waals surface area contributed by atoms with Gasteiger partial charge in [0.1, 0.15) is 11.6 Å². The molecule has 3 rings (SSSR count). The van der Waals surface area contributed by atoms with Crippen LogP contribution in [0.4, 0.5) is 5.95 Å². The standard InChI is InChI=1S/C18H11Br2N5O/c19-13-6-11(7-14(20)8-13)10-22-25-18-23-16(12-4-2-1-3-5-12)15(9-21)17(26)24-18/h1-8,10H,(H2,23,24,25,26). The molecule has 0 radical (unpaired) electrons. The summed E-state index contributed by atoms with van der Waals surface area (Å²) in [5, 5.41) is 13.4. The SMILES string of the molecule is N#Cc1c(-c2ccccc2)nc(NN=Cc2cc(Br)cc(Br)c2)[nH]c1=O. The summed E-state index contributed by atoms with van der Waals surface area (Å²) in [5.74, 6) is 0.151. The summed E-state index contributed by atoms with van der Waals surface area (Å²) >= 11 is 6.82. The second-order valence-corrected chi connectivity index (χ2v) is 7.02. The molecule has 26 heavy (non-hydrogen) atoms. The van der Waals surface area contributed by atoms with E-state index in [1.54, 1.807) is 18.3 Å². The fourth-order valence-corrected chi connectivity index (χ4v) is 3.58. The highest BCUT2D eigenvalue weighted by Crippen LogP contribution is 2.20. The Morgan fingerprint density at radius 3 is 2.50 bits per heavy atom. The number of hydrogen-bond acceptors (Lipinski definition) is 5.